The van der Waals surface area contributed by atoms with Crippen LogP contribution in [0, 0.1) is 19.8 Å². The number of rotatable bonds is 6. The van der Waals surface area contributed by atoms with Gasteiger partial charge in [-0.25, -0.2) is 8.42 Å². The Bertz CT molecular complexity index is 948. The zero-order chi connectivity index (χ0) is 20.3. The molecule has 1 fully saturated rings. The molecule has 1 aliphatic heterocycles. The van der Waals surface area contributed by atoms with Gasteiger partial charge in [-0.05, 0) is 77.4 Å². The minimum atomic E-state index is -3.43. The lowest BCUT2D eigenvalue weighted by atomic mass is 9.94. The van der Waals surface area contributed by atoms with Crippen LogP contribution in [0.1, 0.15) is 36.0 Å². The fraction of sp³-hybridized carbons (Fsp3) is 0.450. The van der Waals surface area contributed by atoms with Crippen molar-refractivity contribution in [3.63, 3.8) is 0 Å². The van der Waals surface area contributed by atoms with Gasteiger partial charge in [0.15, 0.2) is 0 Å². The van der Waals surface area contributed by atoms with E-state index >= 15 is 0 Å². The van der Waals surface area contributed by atoms with E-state index in [1.807, 2.05) is 6.07 Å². The van der Waals surface area contributed by atoms with Crippen LogP contribution in [-0.4, -0.2) is 31.7 Å². The Balaban J connectivity index is 1.47. The predicted molar refractivity (Wildman–Crippen MR) is 116 cm³/mol. The maximum Gasteiger partial charge on any atom is 0.252 e. The molecule has 8 heteroatoms. The minimum absolute atomic E-state index is 0.0294. The zero-order valence-corrected chi connectivity index (χ0v) is 19.3. The molecule has 1 saturated heterocycles. The molecule has 1 aromatic carbocycles. The van der Waals surface area contributed by atoms with E-state index in [4.69, 9.17) is 0 Å². The van der Waals surface area contributed by atoms with Crippen LogP contribution in [0.25, 0.3) is 0 Å². The first-order valence-electron chi connectivity index (χ1n) is 9.34. The molecule has 1 aliphatic rings. The van der Waals surface area contributed by atoms with Gasteiger partial charge in [-0.3, -0.25) is 4.79 Å². The topological polar surface area (TPSA) is 66.5 Å². The molecule has 2 aromatic rings. The van der Waals surface area contributed by atoms with E-state index in [1.165, 1.54) is 26.8 Å². The zero-order valence-electron chi connectivity index (χ0n) is 16.1. The van der Waals surface area contributed by atoms with Crippen molar-refractivity contribution in [1.82, 2.24) is 9.62 Å². The van der Waals surface area contributed by atoms with Gasteiger partial charge in [-0.2, -0.15) is 4.31 Å². The molecule has 0 radical (unpaired) electrons. The number of nitrogens with zero attached hydrogens (tertiary/aromatic N) is 1. The summed E-state index contributed by atoms with van der Waals surface area (Å²) in [4.78, 5) is 12.3. The summed E-state index contributed by atoms with van der Waals surface area (Å²) >= 11 is 4.54. The monoisotopic (exact) mass is 484 g/mol. The van der Waals surface area contributed by atoms with Crippen molar-refractivity contribution in [3.8, 4) is 0 Å². The van der Waals surface area contributed by atoms with Gasteiger partial charge in [0.25, 0.3) is 10.0 Å². The Hall–Kier alpha value is -1.22. The number of hydrogen-bond acceptors (Lipinski definition) is 4. The van der Waals surface area contributed by atoms with Crippen molar-refractivity contribution >= 4 is 43.2 Å². The quantitative estimate of drug-likeness (QED) is 0.666. The van der Waals surface area contributed by atoms with Gasteiger partial charge < -0.3 is 5.32 Å². The number of benzene rings is 1. The van der Waals surface area contributed by atoms with E-state index in [1.54, 1.807) is 12.1 Å². The largest absolute Gasteiger partial charge is 0.352 e. The molecule has 0 unspecified atom stereocenters. The maximum atomic E-state index is 12.7. The van der Waals surface area contributed by atoms with Gasteiger partial charge in [0.2, 0.25) is 5.91 Å². The van der Waals surface area contributed by atoms with E-state index < -0.39 is 10.0 Å². The van der Waals surface area contributed by atoms with Crippen molar-refractivity contribution < 1.29 is 13.2 Å². The van der Waals surface area contributed by atoms with E-state index in [2.05, 4.69) is 47.2 Å². The molecule has 3 rings (SSSR count). The Morgan fingerprint density at radius 1 is 1.18 bits per heavy atom. The SMILES string of the molecule is Cc1ccc(CNC(=O)CC2CCN(S(=O)(=O)c3ccc(Br)s3)CC2)cc1C. The number of nitrogens with one attached hydrogen (secondary N) is 1. The van der Waals surface area contributed by atoms with E-state index in [0.29, 0.717) is 43.1 Å². The van der Waals surface area contributed by atoms with Gasteiger partial charge in [0, 0.05) is 26.1 Å². The number of aryl methyl sites for hydroxylation is 2. The van der Waals surface area contributed by atoms with E-state index in [0.717, 1.165) is 9.35 Å². The van der Waals surface area contributed by atoms with Gasteiger partial charge in [-0.1, -0.05) is 18.2 Å². The second-order valence-corrected chi connectivity index (χ2v) is 11.9. The fourth-order valence-electron chi connectivity index (χ4n) is 3.37. The lowest BCUT2D eigenvalue weighted by Crippen LogP contribution is -2.39. The van der Waals surface area contributed by atoms with Crippen LogP contribution in [0.5, 0.6) is 0 Å². The molecular formula is C20H25BrN2O3S2. The van der Waals surface area contributed by atoms with Crippen LogP contribution < -0.4 is 5.32 Å². The van der Waals surface area contributed by atoms with Crippen LogP contribution in [0.15, 0.2) is 38.3 Å². The molecule has 28 heavy (non-hydrogen) atoms. The first-order chi connectivity index (χ1) is 13.3. The van der Waals surface area contributed by atoms with Crippen molar-refractivity contribution in [2.75, 3.05) is 13.1 Å². The summed E-state index contributed by atoms with van der Waals surface area (Å²) in [5.74, 6) is 0.253. The molecule has 1 N–H and O–H groups in total. The molecule has 0 saturated carbocycles. The van der Waals surface area contributed by atoms with E-state index in [9.17, 15) is 13.2 Å². The molecule has 152 valence electrons. The summed E-state index contributed by atoms with van der Waals surface area (Å²) in [6.07, 6.45) is 1.87. The van der Waals surface area contributed by atoms with Crippen molar-refractivity contribution in [2.45, 2.75) is 43.9 Å². The molecule has 0 aliphatic carbocycles. The summed E-state index contributed by atoms with van der Waals surface area (Å²) in [7, 11) is -3.43. The second-order valence-electron chi connectivity index (χ2n) is 7.31. The second kappa shape index (κ2) is 9.07. The predicted octanol–water partition coefficient (Wildman–Crippen LogP) is 4.23. The normalized spacial score (nSPS) is 16.2. The molecule has 1 amide bonds. The number of thiophene rings is 1. The Morgan fingerprint density at radius 2 is 1.89 bits per heavy atom. The number of sulfonamides is 1. The molecule has 0 spiro atoms. The summed E-state index contributed by atoms with van der Waals surface area (Å²) in [6, 6.07) is 9.59. The third-order valence-electron chi connectivity index (χ3n) is 5.25. The standard InChI is InChI=1S/C20H25BrN2O3S2/c1-14-3-4-17(11-15(14)2)13-22-19(24)12-16-7-9-23(10-8-16)28(25,26)20-6-5-18(21)27-20/h3-6,11,16H,7-10,12-13H2,1-2H3,(H,22,24). The van der Waals surface area contributed by atoms with Crippen LogP contribution in [0.4, 0.5) is 0 Å². The average Bonchev–Trinajstić information content (AvgIpc) is 3.10. The third kappa shape index (κ3) is 5.23. The highest BCUT2D eigenvalue weighted by molar-refractivity contribution is 9.11. The lowest BCUT2D eigenvalue weighted by molar-refractivity contribution is -0.122. The van der Waals surface area contributed by atoms with Crippen LogP contribution in [0.3, 0.4) is 0 Å². The summed E-state index contributed by atoms with van der Waals surface area (Å²) < 4.78 is 28.1. The highest BCUT2D eigenvalue weighted by Crippen LogP contribution is 2.31. The minimum Gasteiger partial charge on any atom is -0.352 e. The van der Waals surface area contributed by atoms with Crippen molar-refractivity contribution in [3.05, 3.63) is 50.8 Å². The highest BCUT2D eigenvalue weighted by Gasteiger charge is 2.31. The van der Waals surface area contributed by atoms with Crippen LogP contribution >= 0.6 is 27.3 Å². The summed E-state index contributed by atoms with van der Waals surface area (Å²) in [5, 5.41) is 2.99. The molecule has 2 heterocycles. The van der Waals surface area contributed by atoms with Crippen molar-refractivity contribution in [2.24, 2.45) is 5.92 Å². The number of piperidine rings is 1. The molecular weight excluding hydrogens is 460 g/mol. The fourth-order valence-corrected chi connectivity index (χ4v) is 7.00. The van der Waals surface area contributed by atoms with Gasteiger partial charge in [-0.15, -0.1) is 11.3 Å². The highest BCUT2D eigenvalue weighted by atomic mass is 79.9. The smallest absolute Gasteiger partial charge is 0.252 e. The molecule has 5 nitrogen and oxygen atoms in total. The summed E-state index contributed by atoms with van der Waals surface area (Å²) in [6.45, 7) is 5.60. The van der Waals surface area contributed by atoms with Crippen LogP contribution in [-0.2, 0) is 21.4 Å². The Kier molecular flexibility index (Phi) is 6.96. The number of halogens is 1. The van der Waals surface area contributed by atoms with Crippen molar-refractivity contribution in [1.29, 1.82) is 0 Å². The molecule has 0 atom stereocenters. The Morgan fingerprint density at radius 3 is 2.50 bits per heavy atom. The first-order valence-corrected chi connectivity index (χ1v) is 12.4. The van der Waals surface area contributed by atoms with Gasteiger partial charge >= 0.3 is 0 Å². The molecule has 0 bridgehead atoms. The number of carbonyl (C=O) groups is 1. The molecule has 1 aromatic heterocycles. The third-order valence-corrected chi connectivity index (χ3v) is 9.24. The van der Waals surface area contributed by atoms with Crippen LogP contribution in [0.2, 0.25) is 0 Å². The van der Waals surface area contributed by atoms with Gasteiger partial charge in [0.05, 0.1) is 3.79 Å². The number of hydrogen-bond donors (Lipinski definition) is 1. The lowest BCUT2D eigenvalue weighted by Gasteiger charge is -2.30. The van der Waals surface area contributed by atoms with Gasteiger partial charge in [0.1, 0.15) is 4.21 Å². The average molecular weight is 485 g/mol. The summed E-state index contributed by atoms with van der Waals surface area (Å²) in [5.41, 5.74) is 3.56. The van der Waals surface area contributed by atoms with E-state index in [-0.39, 0.29) is 11.8 Å². The Labute approximate surface area is 179 Å². The number of amides is 1. The first kappa shape index (κ1) is 21.5. The maximum absolute atomic E-state index is 12.7. The number of carbonyl (C=O) groups excluding carboxylic acids is 1.